The Kier molecular flexibility index (Phi) is 3.70. The molecule has 1 aromatic rings. The molecular weight excluding hydrogens is 172 g/mol. The Morgan fingerprint density at radius 3 is 2.29 bits per heavy atom. The highest BCUT2D eigenvalue weighted by Gasteiger charge is 2.15. The van der Waals surface area contributed by atoms with Gasteiger partial charge in [0, 0.05) is 5.57 Å². The van der Waals surface area contributed by atoms with Crippen molar-refractivity contribution in [2.24, 2.45) is 5.92 Å². The van der Waals surface area contributed by atoms with Crippen LogP contribution in [0.3, 0.4) is 0 Å². The topological polar surface area (TPSA) is 20.2 Å². The van der Waals surface area contributed by atoms with Crippen LogP contribution in [0.2, 0.25) is 0 Å². The summed E-state index contributed by atoms with van der Waals surface area (Å²) in [5.74, 6) is 0.266. The molecule has 1 heteroatoms. The molecule has 0 radical (unpaired) electrons. The SMILES string of the molecule is C=C=C(C(C)C)C(O)c1ccccc1. The van der Waals surface area contributed by atoms with Gasteiger partial charge in [0.2, 0.25) is 0 Å². The maximum absolute atomic E-state index is 10.0. The lowest BCUT2D eigenvalue weighted by molar-refractivity contribution is 0.204. The molecular formula is C13H16O. The van der Waals surface area contributed by atoms with Crippen molar-refractivity contribution in [1.82, 2.24) is 0 Å². The zero-order chi connectivity index (χ0) is 10.6. The number of aliphatic hydroxyl groups is 1. The normalized spacial score (nSPS) is 12.3. The van der Waals surface area contributed by atoms with Crippen molar-refractivity contribution in [3.63, 3.8) is 0 Å². The molecule has 0 amide bonds. The van der Waals surface area contributed by atoms with E-state index in [1.807, 2.05) is 44.2 Å². The predicted molar refractivity (Wildman–Crippen MR) is 58.9 cm³/mol. The van der Waals surface area contributed by atoms with Crippen molar-refractivity contribution < 1.29 is 5.11 Å². The van der Waals surface area contributed by atoms with Gasteiger partial charge < -0.3 is 5.11 Å². The van der Waals surface area contributed by atoms with Gasteiger partial charge in [0.25, 0.3) is 0 Å². The van der Waals surface area contributed by atoms with E-state index in [1.165, 1.54) is 0 Å². The van der Waals surface area contributed by atoms with Gasteiger partial charge in [-0.3, -0.25) is 0 Å². The van der Waals surface area contributed by atoms with Crippen molar-refractivity contribution >= 4 is 0 Å². The smallest absolute Gasteiger partial charge is 0.108 e. The average molecular weight is 188 g/mol. The number of hydrogen-bond acceptors (Lipinski definition) is 1. The molecule has 74 valence electrons. The van der Waals surface area contributed by atoms with Gasteiger partial charge in [0.15, 0.2) is 0 Å². The van der Waals surface area contributed by atoms with Gasteiger partial charge in [-0.05, 0) is 11.5 Å². The van der Waals surface area contributed by atoms with Crippen LogP contribution in [0.15, 0.2) is 48.2 Å². The first-order valence-corrected chi connectivity index (χ1v) is 4.79. The van der Waals surface area contributed by atoms with E-state index < -0.39 is 6.10 Å². The first-order chi connectivity index (χ1) is 6.66. The molecule has 0 saturated carbocycles. The molecule has 0 aliphatic heterocycles. The van der Waals surface area contributed by atoms with Crippen LogP contribution in [0.25, 0.3) is 0 Å². The maximum Gasteiger partial charge on any atom is 0.108 e. The summed E-state index contributed by atoms with van der Waals surface area (Å²) in [6.07, 6.45) is -0.575. The third kappa shape index (κ3) is 2.35. The van der Waals surface area contributed by atoms with Gasteiger partial charge in [-0.25, -0.2) is 0 Å². The van der Waals surface area contributed by atoms with E-state index in [0.29, 0.717) is 0 Å². The lowest BCUT2D eigenvalue weighted by Crippen LogP contribution is -2.05. The first kappa shape index (κ1) is 10.8. The van der Waals surface area contributed by atoms with Gasteiger partial charge in [-0.15, -0.1) is 5.73 Å². The van der Waals surface area contributed by atoms with E-state index in [0.717, 1.165) is 11.1 Å². The minimum Gasteiger partial charge on any atom is -0.383 e. The summed E-state index contributed by atoms with van der Waals surface area (Å²) in [5.41, 5.74) is 4.56. The van der Waals surface area contributed by atoms with Crippen LogP contribution in [0.4, 0.5) is 0 Å². The summed E-state index contributed by atoms with van der Waals surface area (Å²) < 4.78 is 0. The number of benzene rings is 1. The Hall–Kier alpha value is -1.30. The van der Waals surface area contributed by atoms with Crippen LogP contribution in [-0.2, 0) is 0 Å². The molecule has 0 saturated heterocycles. The molecule has 0 aliphatic carbocycles. The summed E-state index contributed by atoms with van der Waals surface area (Å²) >= 11 is 0. The van der Waals surface area contributed by atoms with Crippen molar-refractivity contribution in [3.05, 3.63) is 53.8 Å². The van der Waals surface area contributed by atoms with Gasteiger partial charge in [0.1, 0.15) is 6.10 Å². The maximum atomic E-state index is 10.0. The molecule has 0 bridgehead atoms. The quantitative estimate of drug-likeness (QED) is 0.723. The Morgan fingerprint density at radius 2 is 1.86 bits per heavy atom. The van der Waals surface area contributed by atoms with E-state index >= 15 is 0 Å². The molecule has 0 aromatic heterocycles. The van der Waals surface area contributed by atoms with Gasteiger partial charge >= 0.3 is 0 Å². The molecule has 14 heavy (non-hydrogen) atoms. The molecule has 1 unspecified atom stereocenters. The van der Waals surface area contributed by atoms with E-state index in [9.17, 15) is 5.11 Å². The van der Waals surface area contributed by atoms with E-state index in [1.54, 1.807) is 0 Å². The molecule has 1 N–H and O–H groups in total. The summed E-state index contributed by atoms with van der Waals surface area (Å²) in [7, 11) is 0. The molecule has 1 rings (SSSR count). The fraction of sp³-hybridized carbons (Fsp3) is 0.308. The predicted octanol–water partition coefficient (Wildman–Crippen LogP) is 3.09. The molecule has 1 nitrogen and oxygen atoms in total. The highest BCUT2D eigenvalue weighted by atomic mass is 16.3. The summed E-state index contributed by atoms with van der Waals surface area (Å²) in [5, 5.41) is 10.0. The zero-order valence-corrected chi connectivity index (χ0v) is 8.70. The summed E-state index contributed by atoms with van der Waals surface area (Å²) in [4.78, 5) is 0. The average Bonchev–Trinajstić information content (AvgIpc) is 2.19. The third-order valence-corrected chi connectivity index (χ3v) is 2.24. The van der Waals surface area contributed by atoms with Gasteiger partial charge in [-0.1, -0.05) is 50.8 Å². The first-order valence-electron chi connectivity index (χ1n) is 4.79. The van der Waals surface area contributed by atoms with Crippen LogP contribution in [0.5, 0.6) is 0 Å². The van der Waals surface area contributed by atoms with E-state index in [2.05, 4.69) is 12.3 Å². The minimum atomic E-state index is -0.575. The molecule has 0 fully saturated rings. The third-order valence-electron chi connectivity index (χ3n) is 2.24. The van der Waals surface area contributed by atoms with Gasteiger partial charge in [-0.2, -0.15) is 0 Å². The van der Waals surface area contributed by atoms with Crippen molar-refractivity contribution in [1.29, 1.82) is 0 Å². The Morgan fingerprint density at radius 1 is 1.29 bits per heavy atom. The van der Waals surface area contributed by atoms with Crippen LogP contribution < -0.4 is 0 Å². The Labute approximate surface area is 85.4 Å². The summed E-state index contributed by atoms with van der Waals surface area (Å²) in [6, 6.07) is 9.58. The molecule has 0 aliphatic rings. The number of rotatable bonds is 3. The van der Waals surface area contributed by atoms with Crippen LogP contribution in [0, 0.1) is 5.92 Å². The number of aliphatic hydroxyl groups excluding tert-OH is 1. The Bertz CT molecular complexity index is 332. The second-order valence-corrected chi connectivity index (χ2v) is 3.60. The minimum absolute atomic E-state index is 0.266. The highest BCUT2D eigenvalue weighted by Crippen LogP contribution is 2.25. The molecule has 1 aromatic carbocycles. The zero-order valence-electron chi connectivity index (χ0n) is 8.70. The second-order valence-electron chi connectivity index (χ2n) is 3.60. The van der Waals surface area contributed by atoms with Crippen molar-refractivity contribution in [3.8, 4) is 0 Å². The second kappa shape index (κ2) is 4.80. The van der Waals surface area contributed by atoms with E-state index in [-0.39, 0.29) is 5.92 Å². The van der Waals surface area contributed by atoms with Crippen LogP contribution in [-0.4, -0.2) is 5.11 Å². The molecule has 0 heterocycles. The van der Waals surface area contributed by atoms with E-state index in [4.69, 9.17) is 0 Å². The van der Waals surface area contributed by atoms with Crippen LogP contribution >= 0.6 is 0 Å². The molecule has 0 spiro atoms. The lowest BCUT2D eigenvalue weighted by Gasteiger charge is -2.16. The lowest BCUT2D eigenvalue weighted by atomic mass is 9.94. The summed E-state index contributed by atoms with van der Waals surface area (Å²) in [6.45, 7) is 7.66. The standard InChI is InChI=1S/C13H16O/c1-4-12(10(2)3)13(14)11-8-6-5-7-9-11/h5-10,13-14H,1H2,2-3H3. The fourth-order valence-electron chi connectivity index (χ4n) is 1.43. The highest BCUT2D eigenvalue weighted by molar-refractivity contribution is 5.26. The Balaban J connectivity index is 2.96. The monoisotopic (exact) mass is 188 g/mol. The van der Waals surface area contributed by atoms with Gasteiger partial charge in [0.05, 0.1) is 0 Å². The van der Waals surface area contributed by atoms with Crippen molar-refractivity contribution in [2.75, 3.05) is 0 Å². The van der Waals surface area contributed by atoms with Crippen molar-refractivity contribution in [2.45, 2.75) is 20.0 Å². The number of hydrogen-bond donors (Lipinski definition) is 1. The molecule has 1 atom stereocenters. The largest absolute Gasteiger partial charge is 0.383 e. The fourth-order valence-corrected chi connectivity index (χ4v) is 1.43. The van der Waals surface area contributed by atoms with Crippen LogP contribution in [0.1, 0.15) is 25.5 Å².